The minimum absolute atomic E-state index is 0.265. The molecule has 0 fully saturated rings. The molecule has 0 bridgehead atoms. The molecule has 0 radical (unpaired) electrons. The summed E-state index contributed by atoms with van der Waals surface area (Å²) in [7, 11) is 0. The summed E-state index contributed by atoms with van der Waals surface area (Å²) in [5.74, 6) is -0.265. The van der Waals surface area contributed by atoms with Crippen molar-refractivity contribution in [1.82, 2.24) is 15.2 Å². The van der Waals surface area contributed by atoms with Gasteiger partial charge in [-0.3, -0.25) is 5.43 Å². The van der Waals surface area contributed by atoms with E-state index >= 15 is 0 Å². The van der Waals surface area contributed by atoms with Gasteiger partial charge in [0.1, 0.15) is 5.75 Å². The van der Waals surface area contributed by atoms with Gasteiger partial charge < -0.3 is 10.1 Å². The van der Waals surface area contributed by atoms with Crippen LogP contribution in [-0.2, 0) is 19.3 Å². The van der Waals surface area contributed by atoms with E-state index in [1.165, 1.54) is 23.3 Å². The Kier molecular flexibility index (Phi) is 7.15. The average Bonchev–Trinajstić information content (AvgIpc) is 3.33. The number of aromatic nitrogens is 2. The molecule has 6 nitrogen and oxygen atoms in total. The van der Waals surface area contributed by atoms with Crippen LogP contribution in [0.2, 0.25) is 0 Å². The molecule has 0 saturated carbocycles. The minimum atomic E-state index is -4.72. The number of halogens is 3. The largest absolute Gasteiger partial charge is 0.573 e. The summed E-state index contributed by atoms with van der Waals surface area (Å²) in [6.45, 7) is 2.09. The fourth-order valence-corrected chi connectivity index (χ4v) is 4.70. The van der Waals surface area contributed by atoms with Crippen LogP contribution < -0.4 is 15.5 Å². The van der Waals surface area contributed by atoms with Gasteiger partial charge in [-0.15, -0.1) is 13.2 Å². The molecule has 5 rings (SSSR count). The van der Waals surface area contributed by atoms with E-state index in [0.717, 1.165) is 47.3 Å². The second-order valence-electron chi connectivity index (χ2n) is 8.71. The van der Waals surface area contributed by atoms with E-state index in [0.29, 0.717) is 10.8 Å². The summed E-state index contributed by atoms with van der Waals surface area (Å²) < 4.78 is 43.1. The Morgan fingerprint density at radius 2 is 1.87 bits per heavy atom. The molecule has 1 aromatic heterocycles. The molecule has 1 heterocycles. The molecule has 0 spiro atoms. The zero-order chi connectivity index (χ0) is 26.7. The van der Waals surface area contributed by atoms with Gasteiger partial charge in [0.2, 0.25) is 0 Å². The Labute approximate surface area is 223 Å². The molecule has 0 amide bonds. The molecule has 4 aromatic rings. The molecule has 2 N–H and O–H groups in total. The Morgan fingerprint density at radius 3 is 2.63 bits per heavy atom. The molecular weight excluding hydrogens is 511 g/mol. The van der Waals surface area contributed by atoms with Crippen LogP contribution in [0.15, 0.2) is 78.0 Å². The summed E-state index contributed by atoms with van der Waals surface area (Å²) in [5.41, 5.74) is 10.9. The number of alkyl halides is 3. The molecule has 0 saturated heterocycles. The Morgan fingerprint density at radius 1 is 1.08 bits per heavy atom. The molecule has 1 aliphatic rings. The number of nitrogens with zero attached hydrogens (tertiary/aromatic N) is 3. The highest BCUT2D eigenvalue weighted by atomic mass is 32.1. The summed E-state index contributed by atoms with van der Waals surface area (Å²) in [6, 6.07) is 19.8. The van der Waals surface area contributed by atoms with Crippen LogP contribution in [0.25, 0.3) is 16.8 Å². The highest BCUT2D eigenvalue weighted by Crippen LogP contribution is 2.35. The van der Waals surface area contributed by atoms with Gasteiger partial charge in [0.05, 0.1) is 23.8 Å². The van der Waals surface area contributed by atoms with Gasteiger partial charge in [0.25, 0.3) is 0 Å². The lowest BCUT2D eigenvalue weighted by molar-refractivity contribution is -0.274. The van der Waals surface area contributed by atoms with E-state index < -0.39 is 6.36 Å². The van der Waals surface area contributed by atoms with Crippen molar-refractivity contribution < 1.29 is 17.9 Å². The molecule has 1 aliphatic carbocycles. The fraction of sp³-hybridized carbons (Fsp3) is 0.179. The van der Waals surface area contributed by atoms with E-state index in [1.54, 1.807) is 29.2 Å². The number of hydrogen-bond donors (Lipinski definition) is 2. The van der Waals surface area contributed by atoms with Gasteiger partial charge in [-0.1, -0.05) is 37.3 Å². The number of aryl methyl sites for hydroxylation is 2. The van der Waals surface area contributed by atoms with Crippen molar-refractivity contribution in [3.63, 3.8) is 0 Å². The number of nitrogens with one attached hydrogen (secondary N) is 2. The zero-order valence-electron chi connectivity index (χ0n) is 20.4. The van der Waals surface area contributed by atoms with Gasteiger partial charge in [-0.2, -0.15) is 10.2 Å². The lowest BCUT2D eigenvalue weighted by atomic mass is 9.89. The van der Waals surface area contributed by atoms with Crippen LogP contribution in [-0.4, -0.2) is 27.5 Å². The van der Waals surface area contributed by atoms with Crippen molar-refractivity contribution in [3.05, 3.63) is 95.3 Å². The third kappa shape index (κ3) is 5.70. The molecule has 3 aromatic carbocycles. The van der Waals surface area contributed by atoms with Gasteiger partial charge in [-0.25, -0.2) is 4.68 Å². The number of hydrogen-bond acceptors (Lipinski definition) is 4. The molecule has 0 unspecified atom stereocenters. The second-order valence-corrected chi connectivity index (χ2v) is 9.12. The number of benzene rings is 3. The van der Waals surface area contributed by atoms with E-state index in [4.69, 9.17) is 12.2 Å². The lowest BCUT2D eigenvalue weighted by Gasteiger charge is -2.18. The van der Waals surface area contributed by atoms with Crippen LogP contribution in [0.3, 0.4) is 0 Å². The molecular formula is C28H24F3N5OS. The maximum atomic E-state index is 12.5. The molecule has 38 heavy (non-hydrogen) atoms. The normalized spacial score (nSPS) is 12.6. The maximum absolute atomic E-state index is 12.5. The summed E-state index contributed by atoms with van der Waals surface area (Å²) in [5, 5.41) is 12.4. The number of para-hydroxylation sites is 1. The Balaban J connectivity index is 1.27. The van der Waals surface area contributed by atoms with Gasteiger partial charge in [0, 0.05) is 11.3 Å². The number of fused-ring (bicyclic) bond motifs is 3. The van der Waals surface area contributed by atoms with Crippen LogP contribution in [0.1, 0.15) is 29.3 Å². The predicted molar refractivity (Wildman–Crippen MR) is 146 cm³/mol. The number of rotatable bonds is 6. The minimum Gasteiger partial charge on any atom is -0.406 e. The summed E-state index contributed by atoms with van der Waals surface area (Å²) in [4.78, 5) is 0. The first-order valence-electron chi connectivity index (χ1n) is 12.0. The van der Waals surface area contributed by atoms with E-state index in [-0.39, 0.29) is 5.75 Å². The van der Waals surface area contributed by atoms with Gasteiger partial charge in [-0.05, 0) is 90.1 Å². The predicted octanol–water partition coefficient (Wildman–Crippen LogP) is 6.42. The fourth-order valence-electron chi connectivity index (χ4n) is 4.53. The van der Waals surface area contributed by atoms with E-state index in [1.807, 2.05) is 30.3 Å². The highest BCUT2D eigenvalue weighted by molar-refractivity contribution is 7.80. The maximum Gasteiger partial charge on any atom is 0.573 e. The van der Waals surface area contributed by atoms with Crippen molar-refractivity contribution >= 4 is 29.2 Å². The summed E-state index contributed by atoms with van der Waals surface area (Å²) in [6.07, 6.45) is 1.23. The second kappa shape index (κ2) is 10.7. The number of thiocarbonyl (C=S) groups is 1. The quantitative estimate of drug-likeness (QED) is 0.170. The third-order valence-corrected chi connectivity index (χ3v) is 6.45. The van der Waals surface area contributed by atoms with Gasteiger partial charge >= 0.3 is 6.36 Å². The van der Waals surface area contributed by atoms with E-state index in [2.05, 4.69) is 44.7 Å². The van der Waals surface area contributed by atoms with Gasteiger partial charge in [0.15, 0.2) is 5.11 Å². The first-order valence-corrected chi connectivity index (χ1v) is 12.5. The van der Waals surface area contributed by atoms with Crippen molar-refractivity contribution in [1.29, 1.82) is 0 Å². The SMILES string of the molecule is CCc1ccccc1NC(=S)N/N=C/c1ccc2c(c1)CCc1c-2cnn1-c1ccc(OC(F)(F)F)cc1. The Hall–Kier alpha value is -4.18. The lowest BCUT2D eigenvalue weighted by Crippen LogP contribution is -2.24. The molecule has 0 atom stereocenters. The highest BCUT2D eigenvalue weighted by Gasteiger charge is 2.31. The number of anilines is 1. The molecule has 10 heteroatoms. The van der Waals surface area contributed by atoms with Crippen molar-refractivity contribution in [2.75, 3.05) is 5.32 Å². The smallest absolute Gasteiger partial charge is 0.406 e. The molecule has 194 valence electrons. The third-order valence-electron chi connectivity index (χ3n) is 6.26. The van der Waals surface area contributed by atoms with Crippen LogP contribution >= 0.6 is 12.2 Å². The average molecular weight is 536 g/mol. The molecule has 0 aliphatic heterocycles. The standard InChI is InChI=1S/C28H24F3N5OS/c1-2-19-5-3-4-6-25(19)34-27(38)35-32-16-18-7-13-23-20(15-18)8-14-26-24(23)17-33-36(26)21-9-11-22(12-10-21)37-28(29,30)31/h3-7,9-13,15-17H,2,8,14H2,1H3,(H2,34,35,38)/b32-16+. The topological polar surface area (TPSA) is 63.5 Å². The first kappa shape index (κ1) is 25.5. The summed E-state index contributed by atoms with van der Waals surface area (Å²) >= 11 is 5.37. The first-order chi connectivity index (χ1) is 18.3. The van der Waals surface area contributed by atoms with Crippen LogP contribution in [0.5, 0.6) is 5.75 Å². The zero-order valence-corrected chi connectivity index (χ0v) is 21.2. The number of hydrazone groups is 1. The van der Waals surface area contributed by atoms with Crippen molar-refractivity contribution in [2.45, 2.75) is 32.5 Å². The Bertz CT molecular complexity index is 1500. The number of ether oxygens (including phenoxy) is 1. The van der Waals surface area contributed by atoms with Crippen LogP contribution in [0, 0.1) is 0 Å². The van der Waals surface area contributed by atoms with Crippen LogP contribution in [0.4, 0.5) is 18.9 Å². The van der Waals surface area contributed by atoms with Crippen molar-refractivity contribution in [3.8, 4) is 22.6 Å². The van der Waals surface area contributed by atoms with Crippen molar-refractivity contribution in [2.24, 2.45) is 5.10 Å². The monoisotopic (exact) mass is 535 g/mol. The van der Waals surface area contributed by atoms with E-state index in [9.17, 15) is 13.2 Å².